The van der Waals surface area contributed by atoms with Gasteiger partial charge in [-0.2, -0.15) is 0 Å². The van der Waals surface area contributed by atoms with Gasteiger partial charge in [0.25, 0.3) is 0 Å². The molecule has 2 aliphatic rings. The van der Waals surface area contributed by atoms with Crippen LogP contribution in [0.4, 0.5) is 0 Å². The molecule has 68 valence electrons. The second-order valence-corrected chi connectivity index (χ2v) is 3.34. The first-order chi connectivity index (χ1) is 5.83. The van der Waals surface area contributed by atoms with Crippen LogP contribution in [0.5, 0.6) is 0 Å². The molecule has 1 saturated heterocycles. The third-order valence-electron chi connectivity index (χ3n) is 2.88. The van der Waals surface area contributed by atoms with E-state index in [-0.39, 0.29) is 12.5 Å². The van der Waals surface area contributed by atoms with Crippen LogP contribution >= 0.6 is 0 Å². The predicted molar refractivity (Wildman–Crippen MR) is 43.5 cm³/mol. The van der Waals surface area contributed by atoms with Crippen LogP contribution in [0.3, 0.4) is 0 Å². The lowest BCUT2D eigenvalue weighted by molar-refractivity contribution is -0.231. The van der Waals surface area contributed by atoms with Crippen LogP contribution in [0, 0.1) is 11.8 Å². The van der Waals surface area contributed by atoms with Crippen LogP contribution < -0.4 is 0 Å². The van der Waals surface area contributed by atoms with Crippen molar-refractivity contribution in [1.29, 1.82) is 0 Å². The molecule has 3 nitrogen and oxygen atoms in total. The molecule has 0 amide bonds. The second kappa shape index (κ2) is 2.83. The number of hydrogen-bond acceptors (Lipinski definition) is 3. The number of aliphatic hydroxyl groups is 1. The molecule has 3 unspecified atom stereocenters. The monoisotopic (exact) mass is 170 g/mol. The summed E-state index contributed by atoms with van der Waals surface area (Å²) in [5.74, 6) is -0.205. The summed E-state index contributed by atoms with van der Waals surface area (Å²) < 4.78 is 11.0. The molecule has 3 heteroatoms. The summed E-state index contributed by atoms with van der Waals surface area (Å²) in [6.45, 7) is 0.834. The lowest BCUT2D eigenvalue weighted by Gasteiger charge is -2.32. The molecule has 0 aromatic carbocycles. The van der Waals surface area contributed by atoms with Crippen LogP contribution in [0.15, 0.2) is 12.2 Å². The third kappa shape index (κ3) is 0.873. The smallest absolute Gasteiger partial charge is 0.182 e. The molecule has 2 rings (SSSR count). The van der Waals surface area contributed by atoms with Crippen molar-refractivity contribution >= 4 is 0 Å². The number of aliphatic hydroxyl groups excluding tert-OH is 1. The lowest BCUT2D eigenvalue weighted by Crippen LogP contribution is -2.42. The van der Waals surface area contributed by atoms with Gasteiger partial charge in [0.1, 0.15) is 0 Å². The van der Waals surface area contributed by atoms with Crippen LogP contribution in [0.2, 0.25) is 0 Å². The summed E-state index contributed by atoms with van der Waals surface area (Å²) in [6, 6.07) is 0. The zero-order chi connectivity index (χ0) is 8.60. The summed E-state index contributed by atoms with van der Waals surface area (Å²) >= 11 is 0. The summed E-state index contributed by atoms with van der Waals surface area (Å²) in [5.41, 5.74) is 0. The Morgan fingerprint density at radius 2 is 2.50 bits per heavy atom. The van der Waals surface area contributed by atoms with E-state index >= 15 is 0 Å². The van der Waals surface area contributed by atoms with E-state index in [4.69, 9.17) is 14.6 Å². The first kappa shape index (κ1) is 8.23. The standard InChI is InChI=1S/C9H14O3/c1-11-9-7(4-5-12-9)2-3-8(9)6-10/h2-3,7-8,10H,4-6H2,1H3. The molecular weight excluding hydrogens is 156 g/mol. The van der Waals surface area contributed by atoms with E-state index in [1.54, 1.807) is 7.11 Å². The van der Waals surface area contributed by atoms with Crippen molar-refractivity contribution in [3.8, 4) is 0 Å². The van der Waals surface area contributed by atoms with Gasteiger partial charge >= 0.3 is 0 Å². The van der Waals surface area contributed by atoms with Gasteiger partial charge in [0, 0.05) is 13.0 Å². The Labute approximate surface area is 72.0 Å². The van der Waals surface area contributed by atoms with E-state index in [9.17, 15) is 0 Å². The summed E-state index contributed by atoms with van der Waals surface area (Å²) in [4.78, 5) is 0. The number of hydrogen-bond donors (Lipinski definition) is 1. The fourth-order valence-electron chi connectivity index (χ4n) is 2.22. The molecule has 0 aromatic heterocycles. The molecule has 1 aliphatic heterocycles. The number of rotatable bonds is 2. The quantitative estimate of drug-likeness (QED) is 0.615. The van der Waals surface area contributed by atoms with Gasteiger partial charge in [-0.3, -0.25) is 0 Å². The minimum absolute atomic E-state index is 0.00926. The predicted octanol–water partition coefficient (Wildman–Crippen LogP) is 0.544. The zero-order valence-electron chi connectivity index (χ0n) is 7.19. The lowest BCUT2D eigenvalue weighted by atomic mass is 9.95. The Balaban J connectivity index is 2.24. The van der Waals surface area contributed by atoms with E-state index in [2.05, 4.69) is 6.08 Å². The maximum absolute atomic E-state index is 9.10. The molecule has 1 N–H and O–H groups in total. The Kier molecular flexibility index (Phi) is 1.94. The minimum atomic E-state index is -0.547. The topological polar surface area (TPSA) is 38.7 Å². The van der Waals surface area contributed by atoms with Crippen molar-refractivity contribution < 1.29 is 14.6 Å². The maximum Gasteiger partial charge on any atom is 0.182 e. The summed E-state index contributed by atoms with van der Waals surface area (Å²) in [5, 5.41) is 9.10. The molecule has 1 heterocycles. The van der Waals surface area contributed by atoms with Crippen molar-refractivity contribution in [3.05, 3.63) is 12.2 Å². The van der Waals surface area contributed by atoms with E-state index < -0.39 is 5.79 Å². The summed E-state index contributed by atoms with van der Waals surface area (Å²) in [6.07, 6.45) is 5.09. The van der Waals surface area contributed by atoms with Gasteiger partial charge in [0.2, 0.25) is 0 Å². The van der Waals surface area contributed by atoms with E-state index in [1.165, 1.54) is 0 Å². The minimum Gasteiger partial charge on any atom is -0.396 e. The van der Waals surface area contributed by atoms with Gasteiger partial charge in [-0.1, -0.05) is 12.2 Å². The number of fused-ring (bicyclic) bond motifs is 1. The van der Waals surface area contributed by atoms with Gasteiger partial charge in [-0.05, 0) is 6.42 Å². The number of methoxy groups -OCH3 is 1. The van der Waals surface area contributed by atoms with Crippen LogP contribution in [-0.4, -0.2) is 31.2 Å². The van der Waals surface area contributed by atoms with Crippen molar-refractivity contribution in [2.24, 2.45) is 11.8 Å². The Morgan fingerprint density at radius 1 is 1.67 bits per heavy atom. The SMILES string of the molecule is COC12OCCC1C=CC2CO. The largest absolute Gasteiger partial charge is 0.396 e. The molecule has 0 saturated carbocycles. The average Bonchev–Trinajstić information content (AvgIpc) is 2.60. The maximum atomic E-state index is 9.10. The van der Waals surface area contributed by atoms with Crippen molar-refractivity contribution in [1.82, 2.24) is 0 Å². The van der Waals surface area contributed by atoms with Crippen LogP contribution in [0.25, 0.3) is 0 Å². The van der Waals surface area contributed by atoms with Gasteiger partial charge in [0.15, 0.2) is 5.79 Å². The molecule has 12 heavy (non-hydrogen) atoms. The average molecular weight is 170 g/mol. The normalized spacial score (nSPS) is 45.2. The molecular formula is C9H14O3. The zero-order valence-corrected chi connectivity index (χ0v) is 7.19. The van der Waals surface area contributed by atoms with Gasteiger partial charge in [-0.15, -0.1) is 0 Å². The molecule has 0 bridgehead atoms. The highest BCUT2D eigenvalue weighted by Gasteiger charge is 2.51. The first-order valence-electron chi connectivity index (χ1n) is 4.32. The second-order valence-electron chi connectivity index (χ2n) is 3.34. The van der Waals surface area contributed by atoms with Crippen LogP contribution in [-0.2, 0) is 9.47 Å². The Morgan fingerprint density at radius 3 is 3.17 bits per heavy atom. The molecule has 1 fully saturated rings. The van der Waals surface area contributed by atoms with E-state index in [1.807, 2.05) is 6.08 Å². The summed E-state index contributed by atoms with van der Waals surface area (Å²) in [7, 11) is 1.65. The molecule has 0 aromatic rings. The highest BCUT2D eigenvalue weighted by atomic mass is 16.7. The highest BCUT2D eigenvalue weighted by molar-refractivity contribution is 5.14. The molecule has 0 spiro atoms. The highest BCUT2D eigenvalue weighted by Crippen LogP contribution is 2.44. The Bertz CT molecular complexity index is 202. The number of ether oxygens (including phenoxy) is 2. The first-order valence-corrected chi connectivity index (χ1v) is 4.32. The molecule has 0 radical (unpaired) electrons. The van der Waals surface area contributed by atoms with Crippen molar-refractivity contribution in [2.75, 3.05) is 20.3 Å². The van der Waals surface area contributed by atoms with E-state index in [0.29, 0.717) is 5.92 Å². The van der Waals surface area contributed by atoms with Crippen LogP contribution in [0.1, 0.15) is 6.42 Å². The third-order valence-corrected chi connectivity index (χ3v) is 2.88. The van der Waals surface area contributed by atoms with Crippen molar-refractivity contribution in [2.45, 2.75) is 12.2 Å². The Hall–Kier alpha value is -0.380. The molecule has 3 atom stereocenters. The molecule has 1 aliphatic carbocycles. The van der Waals surface area contributed by atoms with Gasteiger partial charge in [-0.25, -0.2) is 0 Å². The fourth-order valence-corrected chi connectivity index (χ4v) is 2.22. The van der Waals surface area contributed by atoms with E-state index in [0.717, 1.165) is 13.0 Å². The van der Waals surface area contributed by atoms with Crippen molar-refractivity contribution in [3.63, 3.8) is 0 Å². The van der Waals surface area contributed by atoms with Gasteiger partial charge < -0.3 is 14.6 Å². The van der Waals surface area contributed by atoms with Gasteiger partial charge in [0.05, 0.1) is 19.1 Å². The fraction of sp³-hybridized carbons (Fsp3) is 0.778.